The Hall–Kier alpha value is -0.860. The fraction of sp³-hybridized carbons (Fsp3) is 0.684. The van der Waals surface area contributed by atoms with E-state index in [1.54, 1.807) is 0 Å². The SMILES string of the molecule is Cc1cccc(C(O)C2(CN)CCC(C(C)C)CC2)c1C. The molecule has 0 amide bonds. The van der Waals surface area contributed by atoms with Crippen LogP contribution in [0.1, 0.15) is 62.3 Å². The van der Waals surface area contributed by atoms with E-state index in [2.05, 4.69) is 39.8 Å². The van der Waals surface area contributed by atoms with E-state index >= 15 is 0 Å². The van der Waals surface area contributed by atoms with Gasteiger partial charge in [0.2, 0.25) is 0 Å². The van der Waals surface area contributed by atoms with Crippen molar-refractivity contribution < 1.29 is 5.11 Å². The minimum Gasteiger partial charge on any atom is -0.388 e. The van der Waals surface area contributed by atoms with Gasteiger partial charge in [-0.05, 0) is 68.1 Å². The number of hydrogen-bond acceptors (Lipinski definition) is 2. The highest BCUT2D eigenvalue weighted by molar-refractivity contribution is 5.35. The van der Waals surface area contributed by atoms with E-state index in [4.69, 9.17) is 5.73 Å². The number of aryl methyl sites for hydroxylation is 1. The Bertz CT molecular complexity index is 472. The summed E-state index contributed by atoms with van der Waals surface area (Å²) in [6.45, 7) is 9.41. The predicted molar refractivity (Wildman–Crippen MR) is 89.2 cm³/mol. The number of nitrogens with two attached hydrogens (primary N) is 1. The number of hydrogen-bond donors (Lipinski definition) is 2. The largest absolute Gasteiger partial charge is 0.388 e. The summed E-state index contributed by atoms with van der Waals surface area (Å²) in [6.07, 6.45) is 4.03. The van der Waals surface area contributed by atoms with E-state index < -0.39 is 6.10 Å². The summed E-state index contributed by atoms with van der Waals surface area (Å²) < 4.78 is 0. The second-order valence-electron chi connectivity index (χ2n) is 7.34. The summed E-state index contributed by atoms with van der Waals surface area (Å²) in [4.78, 5) is 0. The van der Waals surface area contributed by atoms with Crippen LogP contribution in [0.3, 0.4) is 0 Å². The molecule has 0 saturated heterocycles. The lowest BCUT2D eigenvalue weighted by Gasteiger charge is -2.44. The van der Waals surface area contributed by atoms with Gasteiger partial charge < -0.3 is 10.8 Å². The smallest absolute Gasteiger partial charge is 0.0860 e. The van der Waals surface area contributed by atoms with Crippen molar-refractivity contribution in [3.05, 3.63) is 34.9 Å². The van der Waals surface area contributed by atoms with Crippen molar-refractivity contribution in [2.24, 2.45) is 23.0 Å². The fourth-order valence-electron chi connectivity index (χ4n) is 3.87. The van der Waals surface area contributed by atoms with Crippen LogP contribution in [0.4, 0.5) is 0 Å². The molecule has 1 aliphatic carbocycles. The Labute approximate surface area is 129 Å². The predicted octanol–water partition coefficient (Wildman–Crippen LogP) is 4.13. The molecular formula is C19H31NO. The van der Waals surface area contributed by atoms with E-state index in [9.17, 15) is 5.11 Å². The lowest BCUT2D eigenvalue weighted by Crippen LogP contribution is -2.41. The van der Waals surface area contributed by atoms with Crippen LogP contribution >= 0.6 is 0 Å². The van der Waals surface area contributed by atoms with Crippen molar-refractivity contribution in [2.75, 3.05) is 6.54 Å². The van der Waals surface area contributed by atoms with Crippen molar-refractivity contribution in [3.8, 4) is 0 Å². The summed E-state index contributed by atoms with van der Waals surface area (Å²) in [5.41, 5.74) is 9.52. The first-order valence-electron chi connectivity index (χ1n) is 8.35. The fourth-order valence-corrected chi connectivity index (χ4v) is 3.87. The monoisotopic (exact) mass is 289 g/mol. The Morgan fingerprint density at radius 1 is 1.24 bits per heavy atom. The third-order valence-corrected chi connectivity index (χ3v) is 5.90. The first-order valence-corrected chi connectivity index (χ1v) is 8.35. The number of rotatable bonds is 4. The first-order chi connectivity index (χ1) is 9.91. The van der Waals surface area contributed by atoms with Gasteiger partial charge in [-0.1, -0.05) is 32.0 Å². The molecule has 0 bridgehead atoms. The van der Waals surface area contributed by atoms with E-state index in [1.165, 1.54) is 24.0 Å². The highest BCUT2D eigenvalue weighted by atomic mass is 16.3. The second-order valence-corrected chi connectivity index (χ2v) is 7.34. The number of aliphatic hydroxyl groups excluding tert-OH is 1. The maximum Gasteiger partial charge on any atom is 0.0860 e. The van der Waals surface area contributed by atoms with Crippen molar-refractivity contribution in [1.82, 2.24) is 0 Å². The highest BCUT2D eigenvalue weighted by Gasteiger charge is 2.41. The molecule has 1 saturated carbocycles. The van der Waals surface area contributed by atoms with Gasteiger partial charge in [-0.2, -0.15) is 0 Å². The van der Waals surface area contributed by atoms with Crippen molar-refractivity contribution in [3.63, 3.8) is 0 Å². The molecule has 1 atom stereocenters. The van der Waals surface area contributed by atoms with Crippen LogP contribution in [0.5, 0.6) is 0 Å². The lowest BCUT2D eigenvalue weighted by atomic mass is 9.64. The van der Waals surface area contributed by atoms with Gasteiger partial charge in [0, 0.05) is 12.0 Å². The van der Waals surface area contributed by atoms with Crippen LogP contribution in [-0.2, 0) is 0 Å². The average Bonchev–Trinajstić information content (AvgIpc) is 2.49. The molecule has 2 rings (SSSR count). The zero-order valence-electron chi connectivity index (χ0n) is 14.0. The summed E-state index contributed by atoms with van der Waals surface area (Å²) in [5.74, 6) is 1.52. The number of benzene rings is 1. The Kier molecular flexibility index (Phi) is 5.11. The van der Waals surface area contributed by atoms with Crippen LogP contribution in [-0.4, -0.2) is 11.7 Å². The molecule has 0 radical (unpaired) electrons. The third kappa shape index (κ3) is 3.17. The summed E-state index contributed by atoms with van der Waals surface area (Å²) >= 11 is 0. The standard InChI is InChI=1S/C19H31NO/c1-13(2)16-8-10-19(12-20,11-9-16)18(21)17-7-5-6-14(3)15(17)4/h5-7,13,16,18,21H,8-12,20H2,1-4H3. The van der Waals surface area contributed by atoms with Crippen LogP contribution in [0.25, 0.3) is 0 Å². The highest BCUT2D eigenvalue weighted by Crippen LogP contribution is 2.48. The topological polar surface area (TPSA) is 46.2 Å². The van der Waals surface area contributed by atoms with Gasteiger partial charge in [-0.3, -0.25) is 0 Å². The molecule has 118 valence electrons. The summed E-state index contributed by atoms with van der Waals surface area (Å²) in [5, 5.41) is 11.0. The van der Waals surface area contributed by atoms with E-state index in [-0.39, 0.29) is 5.41 Å². The first kappa shape index (κ1) is 16.5. The van der Waals surface area contributed by atoms with Gasteiger partial charge >= 0.3 is 0 Å². The van der Waals surface area contributed by atoms with Crippen LogP contribution < -0.4 is 5.73 Å². The minimum absolute atomic E-state index is 0.135. The molecule has 2 nitrogen and oxygen atoms in total. The van der Waals surface area contributed by atoms with E-state index in [1.807, 2.05) is 6.07 Å². The van der Waals surface area contributed by atoms with Gasteiger partial charge in [0.25, 0.3) is 0 Å². The van der Waals surface area contributed by atoms with Gasteiger partial charge in [-0.15, -0.1) is 0 Å². The van der Waals surface area contributed by atoms with Crippen molar-refractivity contribution >= 4 is 0 Å². The Morgan fingerprint density at radius 2 is 1.86 bits per heavy atom. The zero-order chi connectivity index (χ0) is 15.6. The van der Waals surface area contributed by atoms with Crippen LogP contribution in [0.2, 0.25) is 0 Å². The molecule has 21 heavy (non-hydrogen) atoms. The third-order valence-electron chi connectivity index (χ3n) is 5.90. The minimum atomic E-state index is -0.435. The van der Waals surface area contributed by atoms with E-state index in [0.717, 1.165) is 30.2 Å². The van der Waals surface area contributed by atoms with Crippen LogP contribution in [0, 0.1) is 31.1 Å². The Morgan fingerprint density at radius 3 is 2.38 bits per heavy atom. The molecule has 0 heterocycles. The number of aliphatic hydroxyl groups is 1. The maximum absolute atomic E-state index is 11.0. The lowest BCUT2D eigenvalue weighted by molar-refractivity contribution is -0.0152. The normalized spacial score (nSPS) is 27.9. The zero-order valence-corrected chi connectivity index (χ0v) is 14.0. The van der Waals surface area contributed by atoms with Gasteiger partial charge in [0.15, 0.2) is 0 Å². The molecule has 0 aliphatic heterocycles. The molecule has 1 aromatic rings. The molecule has 2 heteroatoms. The second kappa shape index (κ2) is 6.50. The molecule has 0 aromatic heterocycles. The van der Waals surface area contributed by atoms with Gasteiger partial charge in [0.1, 0.15) is 0 Å². The molecule has 3 N–H and O–H groups in total. The molecular weight excluding hydrogens is 258 g/mol. The molecule has 1 aliphatic rings. The van der Waals surface area contributed by atoms with E-state index in [0.29, 0.717) is 6.54 Å². The molecule has 1 aromatic carbocycles. The molecule has 0 spiro atoms. The molecule has 1 fully saturated rings. The average molecular weight is 289 g/mol. The van der Waals surface area contributed by atoms with Crippen LogP contribution in [0.15, 0.2) is 18.2 Å². The molecule has 1 unspecified atom stereocenters. The van der Waals surface area contributed by atoms with Crippen molar-refractivity contribution in [2.45, 2.75) is 59.5 Å². The van der Waals surface area contributed by atoms with Gasteiger partial charge in [-0.25, -0.2) is 0 Å². The van der Waals surface area contributed by atoms with Gasteiger partial charge in [0.05, 0.1) is 6.10 Å². The quantitative estimate of drug-likeness (QED) is 0.875. The summed E-state index contributed by atoms with van der Waals surface area (Å²) in [6, 6.07) is 6.22. The summed E-state index contributed by atoms with van der Waals surface area (Å²) in [7, 11) is 0. The maximum atomic E-state index is 11.0. The Balaban J connectivity index is 2.23. The van der Waals surface area contributed by atoms with Crippen molar-refractivity contribution in [1.29, 1.82) is 0 Å².